The molecule has 1 aliphatic heterocycles. The molecule has 40 heavy (non-hydrogen) atoms. The summed E-state index contributed by atoms with van der Waals surface area (Å²) in [6.07, 6.45) is 6.27. The molecular formula is C34H27N4S2+. The van der Waals surface area contributed by atoms with Crippen LogP contribution in [0.15, 0.2) is 97.1 Å². The average Bonchev–Trinajstić information content (AvgIpc) is 3.75. The maximum absolute atomic E-state index is 4.66. The fourth-order valence-electron chi connectivity index (χ4n) is 6.52. The quantitative estimate of drug-likeness (QED) is 0.203. The van der Waals surface area contributed by atoms with E-state index in [1.54, 1.807) is 22.7 Å². The number of thiophene rings is 2. The molecule has 3 aromatic carbocycles. The Balaban J connectivity index is 1.27. The minimum Gasteiger partial charge on any atom is -0.220 e. The van der Waals surface area contributed by atoms with Crippen LogP contribution >= 0.6 is 22.7 Å². The molecule has 4 nitrogen and oxygen atoms in total. The molecule has 0 bridgehead atoms. The summed E-state index contributed by atoms with van der Waals surface area (Å²) >= 11 is 3.55. The number of hydrogen-bond acceptors (Lipinski definition) is 4. The van der Waals surface area contributed by atoms with E-state index in [9.17, 15) is 0 Å². The number of nitrogens with zero attached hydrogens (tertiary/aromatic N) is 4. The zero-order valence-corrected chi connectivity index (χ0v) is 24.0. The van der Waals surface area contributed by atoms with Crippen molar-refractivity contribution in [1.82, 2.24) is 15.0 Å². The molecular weight excluding hydrogens is 529 g/mol. The van der Waals surface area contributed by atoms with Crippen LogP contribution in [0.5, 0.6) is 0 Å². The highest BCUT2D eigenvalue weighted by molar-refractivity contribution is 7.22. The van der Waals surface area contributed by atoms with Crippen molar-refractivity contribution in [3.63, 3.8) is 0 Å². The summed E-state index contributed by atoms with van der Waals surface area (Å²) in [6, 6.07) is 26.5. The zero-order valence-electron chi connectivity index (χ0n) is 22.4. The normalized spacial score (nSPS) is 14.2. The maximum Gasteiger partial charge on any atom is 0.221 e. The van der Waals surface area contributed by atoms with E-state index in [-0.39, 0.29) is 5.54 Å². The smallest absolute Gasteiger partial charge is 0.220 e. The van der Waals surface area contributed by atoms with Crippen molar-refractivity contribution in [2.75, 3.05) is 0 Å². The van der Waals surface area contributed by atoms with Crippen LogP contribution in [0.3, 0.4) is 0 Å². The minimum absolute atomic E-state index is 0.149. The van der Waals surface area contributed by atoms with E-state index in [1.807, 2.05) is 10.9 Å². The second kappa shape index (κ2) is 8.68. The van der Waals surface area contributed by atoms with Gasteiger partial charge in [-0.15, -0.1) is 27.8 Å². The highest BCUT2D eigenvalue weighted by Crippen LogP contribution is 2.46. The van der Waals surface area contributed by atoms with Crippen molar-refractivity contribution < 1.29 is 4.57 Å². The fourth-order valence-corrected chi connectivity index (χ4v) is 8.38. The van der Waals surface area contributed by atoms with E-state index in [0.717, 1.165) is 29.1 Å². The standard InChI is InChI=1S/C34H27N4S2/c1-4-34(5-2)21(3)26-11-10-25(19-28(26)33-27-9-7-6-8-22(27)12-14-37(33)34)38-20-29(35-36-38)32-18-24-17-30-23(13-15-39-30)16-31(24)40-32/h6-20H,3-5H2,1-2H3/q+1. The molecule has 7 aromatic rings. The molecule has 0 aliphatic carbocycles. The van der Waals surface area contributed by atoms with Crippen LogP contribution in [-0.2, 0) is 5.54 Å². The molecule has 0 spiro atoms. The van der Waals surface area contributed by atoms with E-state index < -0.39 is 0 Å². The summed E-state index contributed by atoms with van der Waals surface area (Å²) in [5.41, 5.74) is 6.57. The topological polar surface area (TPSA) is 34.6 Å². The van der Waals surface area contributed by atoms with Crippen molar-refractivity contribution >= 4 is 59.2 Å². The summed E-state index contributed by atoms with van der Waals surface area (Å²) in [4.78, 5) is 1.13. The van der Waals surface area contributed by atoms with Gasteiger partial charge in [0.2, 0.25) is 5.69 Å². The summed E-state index contributed by atoms with van der Waals surface area (Å²) in [5.74, 6) is 0. The van der Waals surface area contributed by atoms with E-state index in [4.69, 9.17) is 0 Å². The zero-order chi connectivity index (χ0) is 27.0. The van der Waals surface area contributed by atoms with Crippen LogP contribution in [0.1, 0.15) is 32.3 Å². The molecule has 0 saturated heterocycles. The van der Waals surface area contributed by atoms with E-state index in [0.29, 0.717) is 0 Å². The van der Waals surface area contributed by atoms with Gasteiger partial charge in [0, 0.05) is 33.9 Å². The van der Waals surface area contributed by atoms with Gasteiger partial charge < -0.3 is 0 Å². The van der Waals surface area contributed by atoms with Crippen molar-refractivity contribution in [3.05, 3.63) is 103 Å². The van der Waals surface area contributed by atoms with E-state index in [1.165, 1.54) is 53.3 Å². The molecule has 194 valence electrons. The fraction of sp³-hybridized carbons (Fsp3) is 0.147. The van der Waals surface area contributed by atoms with Gasteiger partial charge >= 0.3 is 0 Å². The lowest BCUT2D eigenvalue weighted by Crippen LogP contribution is -2.59. The molecule has 0 N–H and O–H groups in total. The summed E-state index contributed by atoms with van der Waals surface area (Å²) < 4.78 is 6.97. The van der Waals surface area contributed by atoms with Crippen LogP contribution < -0.4 is 4.57 Å². The number of hydrogen-bond donors (Lipinski definition) is 0. The molecule has 5 heterocycles. The molecule has 0 radical (unpaired) electrons. The average molecular weight is 556 g/mol. The number of benzene rings is 3. The Morgan fingerprint density at radius 1 is 0.875 bits per heavy atom. The first-order valence-electron chi connectivity index (χ1n) is 13.7. The van der Waals surface area contributed by atoms with Gasteiger partial charge in [0.05, 0.1) is 27.7 Å². The van der Waals surface area contributed by atoms with Crippen LogP contribution in [-0.4, -0.2) is 15.0 Å². The third-order valence-corrected chi connectivity index (χ3v) is 10.7. The van der Waals surface area contributed by atoms with Crippen molar-refractivity contribution in [2.24, 2.45) is 0 Å². The lowest BCUT2D eigenvalue weighted by Gasteiger charge is -2.35. The molecule has 0 unspecified atom stereocenters. The Hall–Kier alpha value is -4.13. The molecule has 0 fully saturated rings. The molecule has 0 saturated carbocycles. The highest BCUT2D eigenvalue weighted by Gasteiger charge is 2.47. The number of allylic oxidation sites excluding steroid dienone is 1. The second-order valence-corrected chi connectivity index (χ2v) is 12.6. The van der Waals surface area contributed by atoms with Crippen molar-refractivity contribution in [2.45, 2.75) is 32.2 Å². The molecule has 0 atom stereocenters. The SMILES string of the molecule is C=C1c2ccc(-n3cc(-c4cc5cc6sccc6cc5s4)nn3)cc2-c2c3ccccc3cc[n+]2C1(CC)CC. The van der Waals surface area contributed by atoms with E-state index >= 15 is 0 Å². The van der Waals surface area contributed by atoms with Crippen LogP contribution in [0, 0.1) is 0 Å². The lowest BCUT2D eigenvalue weighted by atomic mass is 9.75. The monoisotopic (exact) mass is 555 g/mol. The predicted octanol–water partition coefficient (Wildman–Crippen LogP) is 9.01. The van der Waals surface area contributed by atoms with Gasteiger partial charge in [0.15, 0.2) is 11.7 Å². The van der Waals surface area contributed by atoms with Crippen LogP contribution in [0.2, 0.25) is 0 Å². The third-order valence-electron chi connectivity index (χ3n) is 8.74. The summed E-state index contributed by atoms with van der Waals surface area (Å²) in [7, 11) is 0. The van der Waals surface area contributed by atoms with E-state index in [2.05, 4.69) is 120 Å². The largest absolute Gasteiger partial charge is 0.221 e. The molecule has 6 heteroatoms. The predicted molar refractivity (Wildman–Crippen MR) is 168 cm³/mol. The molecule has 4 aromatic heterocycles. The van der Waals surface area contributed by atoms with Crippen molar-refractivity contribution in [1.29, 1.82) is 0 Å². The van der Waals surface area contributed by atoms with Gasteiger partial charge in [-0.2, -0.15) is 4.57 Å². The number of rotatable bonds is 4. The van der Waals surface area contributed by atoms with Gasteiger partial charge in [0.1, 0.15) is 5.69 Å². The Labute approximate surface area is 240 Å². The third kappa shape index (κ3) is 3.26. The Bertz CT molecular complexity index is 2070. The highest BCUT2D eigenvalue weighted by atomic mass is 32.1. The Morgan fingerprint density at radius 2 is 1.73 bits per heavy atom. The summed E-state index contributed by atoms with van der Waals surface area (Å²) in [5, 5.41) is 16.4. The summed E-state index contributed by atoms with van der Waals surface area (Å²) in [6.45, 7) is 9.20. The van der Waals surface area contributed by atoms with Crippen LogP contribution in [0.4, 0.5) is 0 Å². The number of aromatic nitrogens is 4. The van der Waals surface area contributed by atoms with Crippen molar-refractivity contribution in [3.8, 4) is 27.5 Å². The minimum atomic E-state index is -0.149. The molecule has 8 rings (SSSR count). The lowest BCUT2D eigenvalue weighted by molar-refractivity contribution is -0.740. The van der Waals surface area contributed by atoms with Gasteiger partial charge in [-0.05, 0) is 69.6 Å². The Kier molecular flexibility index (Phi) is 5.15. The number of fused-ring (bicyclic) bond motifs is 7. The van der Waals surface area contributed by atoms with Gasteiger partial charge in [-0.25, -0.2) is 4.68 Å². The first-order valence-corrected chi connectivity index (χ1v) is 15.4. The maximum atomic E-state index is 4.66. The van der Waals surface area contributed by atoms with Gasteiger partial charge in [-0.1, -0.05) is 49.9 Å². The second-order valence-electron chi connectivity index (χ2n) is 10.6. The van der Waals surface area contributed by atoms with Crippen LogP contribution in [0.25, 0.3) is 64.0 Å². The Morgan fingerprint density at radius 3 is 2.60 bits per heavy atom. The molecule has 1 aliphatic rings. The first-order chi connectivity index (χ1) is 19.6. The van der Waals surface area contributed by atoms with Gasteiger partial charge in [0.25, 0.3) is 0 Å². The molecule has 0 amide bonds. The number of pyridine rings is 1. The first kappa shape index (κ1) is 23.7. The van der Waals surface area contributed by atoms with Gasteiger partial charge in [-0.3, -0.25) is 0 Å².